The van der Waals surface area contributed by atoms with Crippen LogP contribution in [0, 0.1) is 0 Å². The van der Waals surface area contributed by atoms with Crippen molar-refractivity contribution in [3.8, 4) is 0 Å². The molecule has 2 aromatic carbocycles. The van der Waals surface area contributed by atoms with Gasteiger partial charge in [0, 0.05) is 18.0 Å². The summed E-state index contributed by atoms with van der Waals surface area (Å²) in [5.74, 6) is 0.104. The van der Waals surface area contributed by atoms with E-state index in [1.165, 1.54) is 4.88 Å². The van der Waals surface area contributed by atoms with Crippen LogP contribution in [0.15, 0.2) is 78.2 Å². The molecule has 0 saturated carbocycles. The molecule has 3 aromatic rings. The summed E-state index contributed by atoms with van der Waals surface area (Å²) in [6, 6.07) is 24.0. The van der Waals surface area contributed by atoms with Gasteiger partial charge in [-0.25, -0.2) is 0 Å². The fraction of sp³-hybridized carbons (Fsp3) is 0.261. The van der Waals surface area contributed by atoms with Crippen molar-refractivity contribution < 1.29 is 9.53 Å². The first-order chi connectivity index (χ1) is 13.8. The zero-order chi connectivity index (χ0) is 19.2. The summed E-state index contributed by atoms with van der Waals surface area (Å²) in [5.41, 5.74) is 2.14. The third-order valence-electron chi connectivity index (χ3n) is 5.00. The Morgan fingerprint density at radius 1 is 0.893 bits per heavy atom. The number of carbonyl (C=O) groups is 1. The van der Waals surface area contributed by atoms with Crippen LogP contribution in [-0.2, 0) is 9.53 Å². The first-order valence-corrected chi connectivity index (χ1v) is 10.5. The standard InChI is InChI=1S/C23H24N2O2S/c26-23(25-13-15-27-16-14-25)22(19-10-5-2-6-11-19)24-21(20-12-7-17-28-20)18-8-3-1-4-9-18/h1-12,17,21-22,24H,13-16H2/t21-,22-/m0/s1. The lowest BCUT2D eigenvalue weighted by Crippen LogP contribution is -2.47. The predicted octanol–water partition coefficient (Wildman–Crippen LogP) is 4.03. The summed E-state index contributed by atoms with van der Waals surface area (Å²) in [6.45, 7) is 2.47. The van der Waals surface area contributed by atoms with E-state index >= 15 is 0 Å². The Morgan fingerprint density at radius 3 is 2.14 bits per heavy atom. The molecule has 0 aliphatic carbocycles. The van der Waals surface area contributed by atoms with Crippen molar-refractivity contribution in [3.05, 3.63) is 94.2 Å². The van der Waals surface area contributed by atoms with Crippen LogP contribution in [0.25, 0.3) is 0 Å². The Bertz CT molecular complexity index is 862. The first-order valence-electron chi connectivity index (χ1n) is 9.59. The molecule has 1 N–H and O–H groups in total. The molecular weight excluding hydrogens is 368 g/mol. The van der Waals surface area contributed by atoms with Crippen molar-refractivity contribution in [2.75, 3.05) is 26.3 Å². The molecule has 1 aliphatic rings. The fourth-order valence-electron chi connectivity index (χ4n) is 3.53. The highest BCUT2D eigenvalue weighted by atomic mass is 32.1. The maximum Gasteiger partial charge on any atom is 0.244 e. The van der Waals surface area contributed by atoms with Gasteiger partial charge in [0.15, 0.2) is 0 Å². The van der Waals surface area contributed by atoms with E-state index in [2.05, 4.69) is 35.0 Å². The van der Waals surface area contributed by atoms with Gasteiger partial charge >= 0.3 is 0 Å². The number of rotatable bonds is 6. The summed E-state index contributed by atoms with van der Waals surface area (Å²) >= 11 is 1.70. The molecule has 2 heterocycles. The Morgan fingerprint density at radius 2 is 1.54 bits per heavy atom. The topological polar surface area (TPSA) is 41.6 Å². The zero-order valence-electron chi connectivity index (χ0n) is 15.7. The van der Waals surface area contributed by atoms with Crippen LogP contribution in [0.4, 0.5) is 0 Å². The highest BCUT2D eigenvalue weighted by Crippen LogP contribution is 2.30. The molecule has 28 heavy (non-hydrogen) atoms. The molecule has 4 rings (SSSR count). The van der Waals surface area contributed by atoms with Crippen LogP contribution in [0.1, 0.15) is 28.1 Å². The summed E-state index contributed by atoms with van der Waals surface area (Å²) in [7, 11) is 0. The number of ether oxygens (including phenoxy) is 1. The maximum absolute atomic E-state index is 13.4. The van der Waals surface area contributed by atoms with Crippen molar-refractivity contribution in [1.29, 1.82) is 0 Å². The van der Waals surface area contributed by atoms with Crippen LogP contribution in [0.5, 0.6) is 0 Å². The zero-order valence-corrected chi connectivity index (χ0v) is 16.5. The second kappa shape index (κ2) is 9.15. The van der Waals surface area contributed by atoms with E-state index in [4.69, 9.17) is 4.74 Å². The van der Waals surface area contributed by atoms with Gasteiger partial charge in [0.1, 0.15) is 6.04 Å². The monoisotopic (exact) mass is 392 g/mol. The van der Waals surface area contributed by atoms with E-state index in [1.807, 2.05) is 53.4 Å². The number of morpholine rings is 1. The Hall–Kier alpha value is -2.47. The highest BCUT2D eigenvalue weighted by molar-refractivity contribution is 7.10. The van der Waals surface area contributed by atoms with Crippen molar-refractivity contribution in [1.82, 2.24) is 10.2 Å². The molecule has 4 nitrogen and oxygen atoms in total. The number of carbonyl (C=O) groups excluding carboxylic acids is 1. The average molecular weight is 393 g/mol. The number of benzene rings is 2. The van der Waals surface area contributed by atoms with Gasteiger partial charge in [0.05, 0.1) is 19.3 Å². The summed E-state index contributed by atoms with van der Waals surface area (Å²) < 4.78 is 5.43. The maximum atomic E-state index is 13.4. The van der Waals surface area contributed by atoms with Crippen molar-refractivity contribution >= 4 is 17.2 Å². The van der Waals surface area contributed by atoms with E-state index < -0.39 is 6.04 Å². The molecule has 0 radical (unpaired) electrons. The van der Waals surface area contributed by atoms with Gasteiger partial charge < -0.3 is 9.64 Å². The second-order valence-electron chi connectivity index (χ2n) is 6.81. The van der Waals surface area contributed by atoms with Crippen LogP contribution in [-0.4, -0.2) is 37.1 Å². The molecule has 1 aromatic heterocycles. The van der Waals surface area contributed by atoms with Crippen LogP contribution in [0.2, 0.25) is 0 Å². The van der Waals surface area contributed by atoms with Gasteiger partial charge in [-0.15, -0.1) is 11.3 Å². The molecule has 144 valence electrons. The van der Waals surface area contributed by atoms with E-state index in [-0.39, 0.29) is 11.9 Å². The first kappa shape index (κ1) is 18.9. The Kier molecular flexibility index (Phi) is 6.17. The van der Waals surface area contributed by atoms with Gasteiger partial charge in [-0.05, 0) is 22.6 Å². The summed E-state index contributed by atoms with van der Waals surface area (Å²) in [5, 5.41) is 5.74. The van der Waals surface area contributed by atoms with Gasteiger partial charge in [0.25, 0.3) is 0 Å². The number of amides is 1. The largest absolute Gasteiger partial charge is 0.378 e. The van der Waals surface area contributed by atoms with Crippen molar-refractivity contribution in [2.45, 2.75) is 12.1 Å². The van der Waals surface area contributed by atoms with Crippen LogP contribution in [0.3, 0.4) is 0 Å². The highest BCUT2D eigenvalue weighted by Gasteiger charge is 2.30. The molecule has 1 saturated heterocycles. The summed E-state index contributed by atoms with van der Waals surface area (Å²) in [6.07, 6.45) is 0. The molecule has 1 aliphatic heterocycles. The normalized spacial score (nSPS) is 16.5. The van der Waals surface area contributed by atoms with Gasteiger partial charge in [-0.1, -0.05) is 66.7 Å². The molecule has 5 heteroatoms. The minimum Gasteiger partial charge on any atom is -0.378 e. The Labute approximate surface area is 169 Å². The molecular formula is C23H24N2O2S. The Balaban J connectivity index is 1.67. The van der Waals surface area contributed by atoms with Crippen molar-refractivity contribution in [2.24, 2.45) is 0 Å². The number of nitrogens with one attached hydrogen (secondary N) is 1. The third kappa shape index (κ3) is 4.33. The minimum atomic E-state index is -0.411. The fourth-order valence-corrected chi connectivity index (χ4v) is 4.34. The van der Waals surface area contributed by atoms with E-state index in [0.29, 0.717) is 26.3 Å². The lowest BCUT2D eigenvalue weighted by atomic mass is 10.00. The molecule has 0 spiro atoms. The van der Waals surface area contributed by atoms with Crippen molar-refractivity contribution in [3.63, 3.8) is 0 Å². The van der Waals surface area contributed by atoms with Crippen LogP contribution >= 0.6 is 11.3 Å². The second-order valence-corrected chi connectivity index (χ2v) is 7.79. The lowest BCUT2D eigenvalue weighted by Gasteiger charge is -2.33. The van der Waals surface area contributed by atoms with E-state index in [1.54, 1.807) is 11.3 Å². The average Bonchev–Trinajstić information content (AvgIpc) is 3.30. The molecule has 2 atom stereocenters. The summed E-state index contributed by atoms with van der Waals surface area (Å²) in [4.78, 5) is 16.5. The van der Waals surface area contributed by atoms with Gasteiger partial charge in [-0.2, -0.15) is 0 Å². The van der Waals surface area contributed by atoms with Crippen LogP contribution < -0.4 is 5.32 Å². The minimum absolute atomic E-state index is 0.0450. The quantitative estimate of drug-likeness (QED) is 0.689. The van der Waals surface area contributed by atoms with E-state index in [9.17, 15) is 4.79 Å². The SMILES string of the molecule is O=C([C@@H](N[C@@H](c1ccccc1)c1cccs1)c1ccccc1)N1CCOCC1. The molecule has 0 unspecified atom stereocenters. The number of hydrogen-bond donors (Lipinski definition) is 1. The lowest BCUT2D eigenvalue weighted by molar-refractivity contribution is -0.137. The number of thiophene rings is 1. The molecule has 1 amide bonds. The number of hydrogen-bond acceptors (Lipinski definition) is 4. The molecule has 0 bridgehead atoms. The third-order valence-corrected chi connectivity index (χ3v) is 5.93. The predicted molar refractivity (Wildman–Crippen MR) is 112 cm³/mol. The smallest absolute Gasteiger partial charge is 0.244 e. The van der Waals surface area contributed by atoms with Gasteiger partial charge in [-0.3, -0.25) is 10.1 Å². The van der Waals surface area contributed by atoms with E-state index in [0.717, 1.165) is 11.1 Å². The number of nitrogens with zero attached hydrogens (tertiary/aromatic N) is 1. The molecule has 1 fully saturated rings. The van der Waals surface area contributed by atoms with Gasteiger partial charge in [0.2, 0.25) is 5.91 Å².